The van der Waals surface area contributed by atoms with Crippen molar-refractivity contribution >= 4 is 11.9 Å². The van der Waals surface area contributed by atoms with Crippen LogP contribution < -0.4 is 10.2 Å². The van der Waals surface area contributed by atoms with Crippen molar-refractivity contribution < 1.29 is 0 Å². The van der Waals surface area contributed by atoms with Gasteiger partial charge in [0.05, 0.1) is 0 Å². The molecular weight excluding hydrogens is 242 g/mol. The van der Waals surface area contributed by atoms with Crippen LogP contribution in [0.1, 0.15) is 13.3 Å². The van der Waals surface area contributed by atoms with Crippen LogP contribution in [0, 0.1) is 0 Å². The Hall–Kier alpha value is -2.18. The van der Waals surface area contributed by atoms with Gasteiger partial charge in [-0.15, -0.1) is 0 Å². The monoisotopic (exact) mass is 261 g/mol. The van der Waals surface area contributed by atoms with Crippen LogP contribution in [0.2, 0.25) is 0 Å². The molecule has 7 heteroatoms. The molecule has 0 radical (unpaired) electrons. The summed E-state index contributed by atoms with van der Waals surface area (Å²) in [7, 11) is 5.68. The van der Waals surface area contributed by atoms with Crippen molar-refractivity contribution in [1.29, 1.82) is 0 Å². The highest BCUT2D eigenvalue weighted by molar-refractivity contribution is 5.53. The first-order valence-electron chi connectivity index (χ1n) is 6.27. The Morgan fingerprint density at radius 1 is 1.26 bits per heavy atom. The zero-order valence-electron chi connectivity index (χ0n) is 11.8. The lowest BCUT2D eigenvalue weighted by atomic mass is 10.4. The molecule has 2 rings (SSSR count). The second-order valence-corrected chi connectivity index (χ2v) is 4.48. The Labute approximate surface area is 112 Å². The van der Waals surface area contributed by atoms with Gasteiger partial charge in [-0.25, -0.2) is 0 Å². The summed E-state index contributed by atoms with van der Waals surface area (Å²) in [5.41, 5.74) is 0.743. The molecule has 2 aromatic rings. The van der Waals surface area contributed by atoms with Crippen LogP contribution in [0.5, 0.6) is 0 Å². The summed E-state index contributed by atoms with van der Waals surface area (Å²) in [6.07, 6.45) is 2.88. The van der Waals surface area contributed by atoms with Gasteiger partial charge in [0.15, 0.2) is 5.82 Å². The summed E-state index contributed by atoms with van der Waals surface area (Å²) >= 11 is 0. The van der Waals surface area contributed by atoms with E-state index in [0.29, 0.717) is 17.7 Å². The van der Waals surface area contributed by atoms with Gasteiger partial charge in [-0.3, -0.25) is 4.68 Å². The van der Waals surface area contributed by atoms with Crippen LogP contribution in [0.25, 0.3) is 11.5 Å². The number of aromatic nitrogens is 5. The number of nitrogens with one attached hydrogen (secondary N) is 1. The number of nitrogens with zero attached hydrogens (tertiary/aromatic N) is 6. The summed E-state index contributed by atoms with van der Waals surface area (Å²) in [5.74, 6) is 1.79. The van der Waals surface area contributed by atoms with Crippen LogP contribution in [0.15, 0.2) is 12.3 Å². The predicted octanol–water partition coefficient (Wildman–Crippen LogP) is 1.16. The topological polar surface area (TPSA) is 71.8 Å². The van der Waals surface area contributed by atoms with Crippen molar-refractivity contribution in [3.05, 3.63) is 12.3 Å². The second kappa shape index (κ2) is 5.64. The average Bonchev–Trinajstić information content (AvgIpc) is 2.82. The van der Waals surface area contributed by atoms with Crippen LogP contribution in [-0.4, -0.2) is 45.4 Å². The Kier molecular flexibility index (Phi) is 3.94. The minimum absolute atomic E-state index is 0.581. The van der Waals surface area contributed by atoms with Gasteiger partial charge in [-0.05, 0) is 12.5 Å². The molecule has 0 bridgehead atoms. The lowest BCUT2D eigenvalue weighted by molar-refractivity contribution is 0.768. The van der Waals surface area contributed by atoms with Gasteiger partial charge < -0.3 is 10.2 Å². The van der Waals surface area contributed by atoms with Crippen molar-refractivity contribution in [3.8, 4) is 11.5 Å². The van der Waals surface area contributed by atoms with E-state index in [0.717, 1.165) is 18.7 Å². The summed E-state index contributed by atoms with van der Waals surface area (Å²) in [6, 6.07) is 1.89. The average molecular weight is 261 g/mol. The van der Waals surface area contributed by atoms with Crippen molar-refractivity contribution in [3.63, 3.8) is 0 Å². The Morgan fingerprint density at radius 3 is 2.63 bits per heavy atom. The van der Waals surface area contributed by atoms with Gasteiger partial charge in [-0.1, -0.05) is 6.92 Å². The fourth-order valence-corrected chi connectivity index (χ4v) is 1.53. The minimum atomic E-state index is 0.581. The quantitative estimate of drug-likeness (QED) is 0.871. The summed E-state index contributed by atoms with van der Waals surface area (Å²) in [5, 5.41) is 7.50. The second-order valence-electron chi connectivity index (χ2n) is 4.48. The maximum Gasteiger partial charge on any atom is 0.230 e. The summed E-state index contributed by atoms with van der Waals surface area (Å²) in [6.45, 7) is 2.93. The Bertz CT molecular complexity index is 547. The van der Waals surface area contributed by atoms with Crippen molar-refractivity contribution in [2.24, 2.45) is 7.05 Å². The number of hydrogen-bond donors (Lipinski definition) is 1. The Morgan fingerprint density at radius 2 is 2.05 bits per heavy atom. The summed E-state index contributed by atoms with van der Waals surface area (Å²) < 4.78 is 1.73. The standard InChI is InChI=1S/C12H19N7/c1-5-7-13-11-14-10(9-6-8-19(4)17-9)15-12(16-11)18(2)3/h6,8H,5,7H2,1-4H3,(H,13,14,15,16). The summed E-state index contributed by atoms with van der Waals surface area (Å²) in [4.78, 5) is 15.0. The van der Waals surface area contributed by atoms with Gasteiger partial charge in [0, 0.05) is 33.9 Å². The zero-order valence-corrected chi connectivity index (χ0v) is 11.8. The molecular formula is C12H19N7. The number of hydrogen-bond acceptors (Lipinski definition) is 6. The zero-order chi connectivity index (χ0) is 13.8. The molecule has 2 heterocycles. The largest absolute Gasteiger partial charge is 0.354 e. The minimum Gasteiger partial charge on any atom is -0.354 e. The molecule has 102 valence electrons. The predicted molar refractivity (Wildman–Crippen MR) is 75.1 cm³/mol. The first kappa shape index (κ1) is 13.3. The molecule has 0 aliphatic carbocycles. The molecule has 0 aromatic carbocycles. The van der Waals surface area contributed by atoms with E-state index < -0.39 is 0 Å². The fraction of sp³-hybridized carbons (Fsp3) is 0.500. The lowest BCUT2D eigenvalue weighted by Crippen LogP contribution is -2.16. The lowest BCUT2D eigenvalue weighted by Gasteiger charge is -2.12. The highest BCUT2D eigenvalue weighted by Gasteiger charge is 2.11. The van der Waals surface area contributed by atoms with Gasteiger partial charge in [0.25, 0.3) is 0 Å². The third kappa shape index (κ3) is 3.18. The third-order valence-electron chi connectivity index (χ3n) is 2.50. The number of anilines is 2. The van der Waals surface area contributed by atoms with E-state index in [4.69, 9.17) is 0 Å². The van der Waals surface area contributed by atoms with Crippen LogP contribution in [-0.2, 0) is 7.05 Å². The fourth-order valence-electron chi connectivity index (χ4n) is 1.53. The number of aryl methyl sites for hydroxylation is 1. The van der Waals surface area contributed by atoms with Gasteiger partial charge >= 0.3 is 0 Å². The molecule has 0 saturated heterocycles. The van der Waals surface area contributed by atoms with Crippen LogP contribution in [0.4, 0.5) is 11.9 Å². The van der Waals surface area contributed by atoms with E-state index in [2.05, 4.69) is 32.3 Å². The Balaban J connectivity index is 2.39. The molecule has 0 aliphatic rings. The maximum atomic E-state index is 4.41. The van der Waals surface area contributed by atoms with Crippen molar-refractivity contribution in [2.45, 2.75) is 13.3 Å². The van der Waals surface area contributed by atoms with Gasteiger partial charge in [0.1, 0.15) is 5.69 Å². The van der Waals surface area contributed by atoms with Crippen molar-refractivity contribution in [1.82, 2.24) is 24.7 Å². The smallest absolute Gasteiger partial charge is 0.230 e. The van der Waals surface area contributed by atoms with E-state index in [9.17, 15) is 0 Å². The SMILES string of the molecule is CCCNc1nc(-c2ccn(C)n2)nc(N(C)C)n1. The van der Waals surface area contributed by atoms with E-state index in [-0.39, 0.29) is 0 Å². The van der Waals surface area contributed by atoms with Crippen molar-refractivity contribution in [2.75, 3.05) is 30.9 Å². The van der Waals surface area contributed by atoms with E-state index in [1.54, 1.807) is 4.68 Å². The first-order chi connectivity index (χ1) is 9.10. The highest BCUT2D eigenvalue weighted by atomic mass is 15.3. The molecule has 0 spiro atoms. The highest BCUT2D eigenvalue weighted by Crippen LogP contribution is 2.16. The molecule has 0 unspecified atom stereocenters. The molecule has 0 amide bonds. The molecule has 0 saturated carbocycles. The third-order valence-corrected chi connectivity index (χ3v) is 2.50. The van der Waals surface area contributed by atoms with E-state index in [1.807, 2.05) is 38.3 Å². The van der Waals surface area contributed by atoms with E-state index >= 15 is 0 Å². The molecule has 0 aliphatic heterocycles. The molecule has 0 atom stereocenters. The number of rotatable bonds is 5. The first-order valence-corrected chi connectivity index (χ1v) is 6.27. The van der Waals surface area contributed by atoms with E-state index in [1.165, 1.54) is 0 Å². The molecule has 19 heavy (non-hydrogen) atoms. The van der Waals surface area contributed by atoms with Crippen LogP contribution in [0.3, 0.4) is 0 Å². The molecule has 2 aromatic heterocycles. The van der Waals surface area contributed by atoms with Gasteiger partial charge in [0.2, 0.25) is 11.9 Å². The molecule has 1 N–H and O–H groups in total. The normalized spacial score (nSPS) is 10.5. The molecule has 7 nitrogen and oxygen atoms in total. The maximum absolute atomic E-state index is 4.41. The van der Waals surface area contributed by atoms with Gasteiger partial charge in [-0.2, -0.15) is 20.1 Å². The molecule has 0 fully saturated rings. The van der Waals surface area contributed by atoms with Crippen LogP contribution >= 0.6 is 0 Å².